The Bertz CT molecular complexity index is 752. The Morgan fingerprint density at radius 1 is 1.11 bits per heavy atom. The number of ether oxygens (including phenoxy) is 1. The first kappa shape index (κ1) is 18.1. The minimum atomic E-state index is -1.26. The number of fused-ring (bicyclic) bond motifs is 2. The molecule has 1 aromatic rings. The predicted molar refractivity (Wildman–Crippen MR) is 103 cm³/mol. The Labute approximate surface area is 165 Å². The van der Waals surface area contributed by atoms with Crippen molar-refractivity contribution in [3.05, 3.63) is 35.9 Å². The number of carbonyl (C=O) groups excluding carboxylic acids is 2. The summed E-state index contributed by atoms with van der Waals surface area (Å²) >= 11 is 0. The zero-order valence-electron chi connectivity index (χ0n) is 16.1. The summed E-state index contributed by atoms with van der Waals surface area (Å²) in [5, 5.41) is 10.6. The number of carbonyl (C=O) groups is 2. The number of hydrogen-bond donors (Lipinski definition) is 1. The molecule has 6 unspecified atom stereocenters. The van der Waals surface area contributed by atoms with E-state index in [9.17, 15) is 14.7 Å². The average Bonchev–Trinajstić information content (AvgIpc) is 2.73. The Hall–Kier alpha value is -1.92. The van der Waals surface area contributed by atoms with Crippen LogP contribution in [0.2, 0.25) is 0 Å². The number of hydrogen-bond acceptors (Lipinski definition) is 5. The van der Waals surface area contributed by atoms with Crippen LogP contribution in [0.5, 0.6) is 0 Å². The van der Waals surface area contributed by atoms with Gasteiger partial charge in [0.2, 0.25) is 0 Å². The van der Waals surface area contributed by atoms with Crippen molar-refractivity contribution in [1.29, 1.82) is 0 Å². The van der Waals surface area contributed by atoms with Gasteiger partial charge >= 0.3 is 5.97 Å². The zero-order valence-corrected chi connectivity index (χ0v) is 16.1. The van der Waals surface area contributed by atoms with E-state index in [-0.39, 0.29) is 11.9 Å². The van der Waals surface area contributed by atoms with Crippen LogP contribution in [0.15, 0.2) is 30.3 Å². The van der Waals surface area contributed by atoms with E-state index in [1.54, 1.807) is 24.3 Å². The van der Waals surface area contributed by atoms with Crippen LogP contribution in [0.1, 0.15) is 42.5 Å². The lowest BCUT2D eigenvalue weighted by atomic mass is 9.67. The molecule has 0 saturated carbocycles. The van der Waals surface area contributed by atoms with Gasteiger partial charge < -0.3 is 14.7 Å². The van der Waals surface area contributed by atoms with Gasteiger partial charge in [-0.3, -0.25) is 9.69 Å². The molecule has 4 saturated heterocycles. The highest BCUT2D eigenvalue weighted by Gasteiger charge is 2.54. The van der Waals surface area contributed by atoms with Gasteiger partial charge in [-0.25, -0.2) is 4.79 Å². The van der Waals surface area contributed by atoms with Crippen LogP contribution in [-0.2, 0) is 9.53 Å². The maximum atomic E-state index is 13.0. The maximum Gasteiger partial charge on any atom is 0.338 e. The Morgan fingerprint density at radius 2 is 1.86 bits per heavy atom. The van der Waals surface area contributed by atoms with Gasteiger partial charge in [-0.15, -0.1) is 0 Å². The number of amides is 1. The van der Waals surface area contributed by atoms with Crippen LogP contribution in [0.3, 0.4) is 0 Å². The van der Waals surface area contributed by atoms with Crippen LogP contribution in [0.25, 0.3) is 0 Å². The van der Waals surface area contributed by atoms with Crippen molar-refractivity contribution in [3.63, 3.8) is 0 Å². The van der Waals surface area contributed by atoms with Crippen LogP contribution in [0, 0.1) is 11.8 Å². The molecule has 6 atom stereocenters. The van der Waals surface area contributed by atoms with E-state index in [2.05, 4.69) is 4.90 Å². The molecular weight excluding hydrogens is 356 g/mol. The average molecular weight is 384 g/mol. The monoisotopic (exact) mass is 384 g/mol. The minimum Gasteiger partial charge on any atom is -0.455 e. The fourth-order valence-corrected chi connectivity index (χ4v) is 6.14. The summed E-state index contributed by atoms with van der Waals surface area (Å²) in [6.07, 6.45) is 3.13. The van der Waals surface area contributed by atoms with Crippen LogP contribution in [-0.4, -0.2) is 70.7 Å². The maximum absolute atomic E-state index is 13.0. The van der Waals surface area contributed by atoms with E-state index < -0.39 is 18.2 Å². The summed E-state index contributed by atoms with van der Waals surface area (Å²) in [6, 6.07) is 9.38. The molecule has 1 aromatic carbocycles. The number of aliphatic hydroxyl groups is 1. The van der Waals surface area contributed by atoms with Gasteiger partial charge in [-0.2, -0.15) is 0 Å². The third kappa shape index (κ3) is 2.94. The smallest absolute Gasteiger partial charge is 0.338 e. The standard InChI is InChI=1S/C22H28N2O4/c25-20-18(28-22(27)14-6-2-1-3-7-14)12-17-16-9-5-11-23-10-4-8-15(19(16)23)13-24(17)21(20)26/h1-3,6-7,15-20,25H,4-5,8-13H2. The first-order chi connectivity index (χ1) is 13.6. The molecule has 5 rings (SSSR count). The Balaban J connectivity index is 1.37. The molecule has 4 fully saturated rings. The molecule has 4 aliphatic heterocycles. The third-order valence-electron chi connectivity index (χ3n) is 7.30. The highest BCUT2D eigenvalue weighted by Crippen LogP contribution is 2.45. The fraction of sp³-hybridized carbons (Fsp3) is 0.636. The molecule has 150 valence electrons. The van der Waals surface area contributed by atoms with Gasteiger partial charge in [-0.1, -0.05) is 18.2 Å². The molecule has 1 N–H and O–H groups in total. The van der Waals surface area contributed by atoms with E-state index >= 15 is 0 Å². The van der Waals surface area contributed by atoms with E-state index in [0.29, 0.717) is 29.9 Å². The van der Waals surface area contributed by atoms with Crippen molar-refractivity contribution in [1.82, 2.24) is 9.80 Å². The lowest BCUT2D eigenvalue weighted by Gasteiger charge is -2.59. The third-order valence-corrected chi connectivity index (χ3v) is 7.30. The largest absolute Gasteiger partial charge is 0.455 e. The van der Waals surface area contributed by atoms with Crippen molar-refractivity contribution in [2.45, 2.75) is 56.4 Å². The molecule has 0 aliphatic carbocycles. The summed E-state index contributed by atoms with van der Waals surface area (Å²) < 4.78 is 5.63. The topological polar surface area (TPSA) is 70.1 Å². The molecule has 28 heavy (non-hydrogen) atoms. The minimum absolute atomic E-state index is 0.0617. The van der Waals surface area contributed by atoms with Crippen molar-refractivity contribution < 1.29 is 19.4 Å². The number of aliphatic hydroxyl groups excluding tert-OH is 1. The fourth-order valence-electron chi connectivity index (χ4n) is 6.14. The first-order valence-corrected chi connectivity index (χ1v) is 10.6. The molecule has 0 aromatic heterocycles. The van der Waals surface area contributed by atoms with Gasteiger partial charge in [0, 0.05) is 25.0 Å². The quantitative estimate of drug-likeness (QED) is 0.786. The molecule has 4 heterocycles. The van der Waals surface area contributed by atoms with Crippen molar-refractivity contribution in [2.24, 2.45) is 11.8 Å². The lowest BCUT2D eigenvalue weighted by Crippen LogP contribution is -2.70. The van der Waals surface area contributed by atoms with E-state index in [4.69, 9.17) is 4.74 Å². The lowest BCUT2D eigenvalue weighted by molar-refractivity contribution is -0.175. The van der Waals surface area contributed by atoms with Crippen LogP contribution in [0.4, 0.5) is 0 Å². The molecule has 6 nitrogen and oxygen atoms in total. The van der Waals surface area contributed by atoms with Crippen LogP contribution >= 0.6 is 0 Å². The summed E-state index contributed by atoms with van der Waals surface area (Å²) in [7, 11) is 0. The molecule has 0 spiro atoms. The van der Waals surface area contributed by atoms with Crippen molar-refractivity contribution >= 4 is 11.9 Å². The normalized spacial score (nSPS) is 37.8. The van der Waals surface area contributed by atoms with Crippen LogP contribution < -0.4 is 0 Å². The number of piperidine rings is 4. The second kappa shape index (κ2) is 7.16. The molecular formula is C22H28N2O4. The summed E-state index contributed by atoms with van der Waals surface area (Å²) in [4.78, 5) is 30.0. The first-order valence-electron chi connectivity index (χ1n) is 10.6. The molecule has 0 bridgehead atoms. The number of benzene rings is 1. The Morgan fingerprint density at radius 3 is 2.64 bits per heavy atom. The Kier molecular flexibility index (Phi) is 4.63. The molecule has 1 amide bonds. The highest BCUT2D eigenvalue weighted by molar-refractivity contribution is 5.90. The number of esters is 1. The molecule has 4 aliphatic rings. The van der Waals surface area contributed by atoms with Crippen molar-refractivity contribution in [2.75, 3.05) is 19.6 Å². The molecule has 6 heteroatoms. The van der Waals surface area contributed by atoms with E-state index in [0.717, 1.165) is 38.9 Å². The second-order valence-electron chi connectivity index (χ2n) is 8.78. The van der Waals surface area contributed by atoms with Gasteiger partial charge in [0.25, 0.3) is 5.91 Å². The van der Waals surface area contributed by atoms with Gasteiger partial charge in [0.15, 0.2) is 6.10 Å². The van der Waals surface area contributed by atoms with Gasteiger partial charge in [0.1, 0.15) is 6.10 Å². The number of nitrogens with zero attached hydrogens (tertiary/aromatic N) is 2. The van der Waals surface area contributed by atoms with Crippen molar-refractivity contribution in [3.8, 4) is 0 Å². The highest BCUT2D eigenvalue weighted by atomic mass is 16.6. The van der Waals surface area contributed by atoms with Gasteiger partial charge in [-0.05, 0) is 62.7 Å². The van der Waals surface area contributed by atoms with E-state index in [1.165, 1.54) is 6.42 Å². The SMILES string of the molecule is O=C(OC1CC2C3CCCN4CCCC(CN2C(=O)C1O)C34)c1ccccc1. The summed E-state index contributed by atoms with van der Waals surface area (Å²) in [5.41, 5.74) is 0.449. The summed E-state index contributed by atoms with van der Waals surface area (Å²) in [5.74, 6) is 0.197. The predicted octanol–water partition coefficient (Wildman–Crippen LogP) is 1.68. The number of rotatable bonds is 2. The summed E-state index contributed by atoms with van der Waals surface area (Å²) in [6.45, 7) is 3.05. The van der Waals surface area contributed by atoms with Gasteiger partial charge in [0.05, 0.1) is 5.56 Å². The van der Waals surface area contributed by atoms with E-state index in [1.807, 2.05) is 11.0 Å². The molecule has 0 radical (unpaired) electrons. The second-order valence-corrected chi connectivity index (χ2v) is 8.78. The zero-order chi connectivity index (χ0) is 19.3.